The molecule has 0 radical (unpaired) electrons. The summed E-state index contributed by atoms with van der Waals surface area (Å²) in [4.78, 5) is 6.90. The summed E-state index contributed by atoms with van der Waals surface area (Å²) >= 11 is 0. The first-order valence-electron chi connectivity index (χ1n) is 9.45. The molecule has 3 heterocycles. The molecular weight excluding hydrogens is 330 g/mol. The smallest absolute Gasteiger partial charge is 0.231 e. The second-order valence-electron chi connectivity index (χ2n) is 8.33. The van der Waals surface area contributed by atoms with E-state index in [1.807, 2.05) is 13.1 Å². The van der Waals surface area contributed by atoms with Crippen LogP contribution in [0.5, 0.6) is 11.5 Å². The maximum Gasteiger partial charge on any atom is 0.231 e. The predicted octanol–water partition coefficient (Wildman–Crippen LogP) is 2.38. The Morgan fingerprint density at radius 1 is 1.27 bits per heavy atom. The van der Waals surface area contributed by atoms with Crippen LogP contribution < -0.4 is 14.8 Å². The zero-order chi connectivity index (χ0) is 18.2. The highest BCUT2D eigenvalue weighted by atomic mass is 16.7. The fourth-order valence-corrected chi connectivity index (χ4v) is 4.14. The van der Waals surface area contributed by atoms with Crippen LogP contribution in [0.1, 0.15) is 32.3 Å². The molecular formula is C20H29N3O3. The third-order valence-corrected chi connectivity index (χ3v) is 5.98. The molecule has 0 bridgehead atoms. The van der Waals surface area contributed by atoms with Crippen molar-refractivity contribution in [3.05, 3.63) is 23.8 Å². The summed E-state index contributed by atoms with van der Waals surface area (Å²) in [5.74, 6) is 2.65. The molecule has 1 unspecified atom stereocenters. The number of nitrogens with one attached hydrogen (secondary N) is 1. The molecule has 4 rings (SSSR count). The third kappa shape index (κ3) is 3.22. The van der Waals surface area contributed by atoms with Gasteiger partial charge >= 0.3 is 0 Å². The van der Waals surface area contributed by atoms with E-state index in [-0.39, 0.29) is 5.41 Å². The summed E-state index contributed by atoms with van der Waals surface area (Å²) in [5.41, 5.74) is 1.52. The van der Waals surface area contributed by atoms with Crippen molar-refractivity contribution in [3.63, 3.8) is 0 Å². The standard InChI is InChI=1S/C20H29N3O3/c1-19(2,15-4-5-16-17(10-15)26-14-25-16)11-22-18(21-3)23-8-6-20(12-23)7-9-24-13-20/h4-5,10H,6-9,11-14H2,1-3H3,(H,21,22). The van der Waals surface area contributed by atoms with E-state index in [0.29, 0.717) is 12.2 Å². The van der Waals surface area contributed by atoms with Gasteiger partial charge < -0.3 is 24.4 Å². The summed E-state index contributed by atoms with van der Waals surface area (Å²) in [6.07, 6.45) is 2.36. The molecule has 0 amide bonds. The van der Waals surface area contributed by atoms with E-state index < -0.39 is 0 Å². The van der Waals surface area contributed by atoms with E-state index in [2.05, 4.69) is 41.2 Å². The van der Waals surface area contributed by atoms with Gasteiger partial charge in [-0.1, -0.05) is 19.9 Å². The molecule has 142 valence electrons. The highest BCUT2D eigenvalue weighted by Crippen LogP contribution is 2.38. The van der Waals surface area contributed by atoms with E-state index in [4.69, 9.17) is 14.2 Å². The van der Waals surface area contributed by atoms with Crippen LogP contribution in [0.2, 0.25) is 0 Å². The Morgan fingerprint density at radius 3 is 2.88 bits per heavy atom. The van der Waals surface area contributed by atoms with Crippen LogP contribution in [-0.4, -0.2) is 57.5 Å². The molecule has 0 aromatic heterocycles. The molecule has 1 atom stereocenters. The first kappa shape index (κ1) is 17.5. The van der Waals surface area contributed by atoms with Crippen molar-refractivity contribution in [2.45, 2.75) is 32.1 Å². The minimum atomic E-state index is -0.0508. The Hall–Kier alpha value is -1.95. The quantitative estimate of drug-likeness (QED) is 0.663. The van der Waals surface area contributed by atoms with Crippen molar-refractivity contribution in [2.24, 2.45) is 10.4 Å². The van der Waals surface area contributed by atoms with Crippen LogP contribution >= 0.6 is 0 Å². The minimum absolute atomic E-state index is 0.0508. The van der Waals surface area contributed by atoms with Gasteiger partial charge in [-0.3, -0.25) is 4.99 Å². The number of nitrogens with zero attached hydrogens (tertiary/aromatic N) is 2. The van der Waals surface area contributed by atoms with Gasteiger partial charge in [0.15, 0.2) is 17.5 Å². The number of hydrogen-bond acceptors (Lipinski definition) is 4. The summed E-state index contributed by atoms with van der Waals surface area (Å²) < 4.78 is 16.6. The van der Waals surface area contributed by atoms with Crippen LogP contribution in [-0.2, 0) is 10.2 Å². The van der Waals surface area contributed by atoms with Gasteiger partial charge in [-0.15, -0.1) is 0 Å². The largest absolute Gasteiger partial charge is 0.454 e. The lowest BCUT2D eigenvalue weighted by Gasteiger charge is -2.30. The molecule has 3 aliphatic heterocycles. The Bertz CT molecular complexity index is 696. The number of hydrogen-bond donors (Lipinski definition) is 1. The third-order valence-electron chi connectivity index (χ3n) is 5.98. The van der Waals surface area contributed by atoms with E-state index in [9.17, 15) is 0 Å². The molecule has 1 N–H and O–H groups in total. The first-order chi connectivity index (χ1) is 12.5. The van der Waals surface area contributed by atoms with Crippen molar-refractivity contribution in [1.29, 1.82) is 0 Å². The predicted molar refractivity (Wildman–Crippen MR) is 101 cm³/mol. The zero-order valence-corrected chi connectivity index (χ0v) is 16.0. The Labute approximate surface area is 155 Å². The molecule has 3 aliphatic rings. The zero-order valence-electron chi connectivity index (χ0n) is 16.0. The summed E-state index contributed by atoms with van der Waals surface area (Å²) in [6, 6.07) is 6.21. The number of ether oxygens (including phenoxy) is 3. The molecule has 0 saturated carbocycles. The average Bonchev–Trinajstić information content (AvgIpc) is 3.37. The summed E-state index contributed by atoms with van der Waals surface area (Å²) in [6.45, 7) is 9.47. The lowest BCUT2D eigenvalue weighted by atomic mass is 9.84. The van der Waals surface area contributed by atoms with E-state index in [1.54, 1.807) is 0 Å². The van der Waals surface area contributed by atoms with Crippen LogP contribution in [0, 0.1) is 5.41 Å². The maximum atomic E-state index is 5.64. The van der Waals surface area contributed by atoms with Crippen LogP contribution in [0.4, 0.5) is 0 Å². The van der Waals surface area contributed by atoms with Gasteiger partial charge in [0.2, 0.25) is 6.79 Å². The monoisotopic (exact) mass is 359 g/mol. The number of guanidine groups is 1. The molecule has 0 aliphatic carbocycles. The van der Waals surface area contributed by atoms with E-state index in [0.717, 1.165) is 50.3 Å². The normalized spacial score (nSPS) is 25.3. The number of rotatable bonds is 3. The van der Waals surface area contributed by atoms with Crippen molar-refractivity contribution in [3.8, 4) is 11.5 Å². The fourth-order valence-electron chi connectivity index (χ4n) is 4.14. The molecule has 2 saturated heterocycles. The summed E-state index contributed by atoms with van der Waals surface area (Å²) in [5, 5.41) is 3.59. The van der Waals surface area contributed by atoms with Gasteiger partial charge in [0.1, 0.15) is 0 Å². The Kier molecular flexibility index (Phi) is 4.47. The van der Waals surface area contributed by atoms with Crippen LogP contribution in [0.15, 0.2) is 23.2 Å². The van der Waals surface area contributed by atoms with Crippen molar-refractivity contribution in [1.82, 2.24) is 10.2 Å². The van der Waals surface area contributed by atoms with Gasteiger partial charge in [0.05, 0.1) is 6.61 Å². The second-order valence-corrected chi connectivity index (χ2v) is 8.33. The molecule has 1 aromatic rings. The van der Waals surface area contributed by atoms with Gasteiger partial charge in [-0.05, 0) is 30.5 Å². The Balaban J connectivity index is 1.40. The molecule has 26 heavy (non-hydrogen) atoms. The highest BCUT2D eigenvalue weighted by molar-refractivity contribution is 5.80. The van der Waals surface area contributed by atoms with Gasteiger partial charge in [-0.2, -0.15) is 0 Å². The van der Waals surface area contributed by atoms with Crippen molar-refractivity contribution in [2.75, 3.05) is 46.7 Å². The lowest BCUT2D eigenvalue weighted by Crippen LogP contribution is -2.45. The second kappa shape index (κ2) is 6.65. The fraction of sp³-hybridized carbons (Fsp3) is 0.650. The summed E-state index contributed by atoms with van der Waals surface area (Å²) in [7, 11) is 1.87. The minimum Gasteiger partial charge on any atom is -0.454 e. The molecule has 6 nitrogen and oxygen atoms in total. The topological polar surface area (TPSA) is 55.3 Å². The van der Waals surface area contributed by atoms with Gasteiger partial charge in [0.25, 0.3) is 0 Å². The van der Waals surface area contributed by atoms with Gasteiger partial charge in [-0.25, -0.2) is 0 Å². The van der Waals surface area contributed by atoms with Crippen molar-refractivity contribution < 1.29 is 14.2 Å². The molecule has 2 fully saturated rings. The van der Waals surface area contributed by atoms with Crippen molar-refractivity contribution >= 4 is 5.96 Å². The highest BCUT2D eigenvalue weighted by Gasteiger charge is 2.42. The molecule has 1 aromatic carbocycles. The first-order valence-corrected chi connectivity index (χ1v) is 9.45. The number of fused-ring (bicyclic) bond motifs is 1. The maximum absolute atomic E-state index is 5.64. The van der Waals surface area contributed by atoms with Crippen LogP contribution in [0.3, 0.4) is 0 Å². The SMILES string of the molecule is CN=C(NCC(C)(C)c1ccc2c(c1)OCO2)N1CCC2(CCOC2)C1. The number of benzene rings is 1. The number of aliphatic imine (C=N–C) groups is 1. The van der Waals surface area contributed by atoms with E-state index >= 15 is 0 Å². The van der Waals surface area contributed by atoms with E-state index in [1.165, 1.54) is 18.4 Å². The average molecular weight is 359 g/mol. The number of likely N-dealkylation sites (tertiary alicyclic amines) is 1. The van der Waals surface area contributed by atoms with Gasteiger partial charge in [0, 0.05) is 44.1 Å². The van der Waals surface area contributed by atoms with Crippen LogP contribution in [0.25, 0.3) is 0 Å². The molecule has 6 heteroatoms. The molecule has 1 spiro atoms. The lowest BCUT2D eigenvalue weighted by molar-refractivity contribution is 0.156. The Morgan fingerprint density at radius 2 is 2.12 bits per heavy atom.